The van der Waals surface area contributed by atoms with Gasteiger partial charge >= 0.3 is 0 Å². The van der Waals surface area contributed by atoms with Crippen LogP contribution in [0.1, 0.15) is 19.8 Å². The second-order valence-corrected chi connectivity index (χ2v) is 4.69. The molecule has 0 aliphatic carbocycles. The minimum absolute atomic E-state index is 0.0245. The Labute approximate surface area is 112 Å². The fourth-order valence-electron chi connectivity index (χ4n) is 2.14. The molecule has 0 radical (unpaired) electrons. The Bertz CT molecular complexity index is 383. The number of nitrogens with zero attached hydrogens (tertiary/aromatic N) is 2. The van der Waals surface area contributed by atoms with Crippen LogP contribution < -0.4 is 10.7 Å². The fourth-order valence-corrected chi connectivity index (χ4v) is 2.14. The van der Waals surface area contributed by atoms with Crippen molar-refractivity contribution in [1.82, 2.24) is 15.6 Å². The van der Waals surface area contributed by atoms with Gasteiger partial charge in [0.2, 0.25) is 5.91 Å². The number of amides is 2. The van der Waals surface area contributed by atoms with Gasteiger partial charge in [-0.05, 0) is 6.54 Å². The first kappa shape index (κ1) is 14.0. The number of morpholine rings is 1. The van der Waals surface area contributed by atoms with Crippen molar-refractivity contribution in [2.75, 3.05) is 32.8 Å². The van der Waals surface area contributed by atoms with Crippen LogP contribution in [0.3, 0.4) is 0 Å². The van der Waals surface area contributed by atoms with Crippen molar-refractivity contribution in [3.63, 3.8) is 0 Å². The normalized spacial score (nSPS) is 24.6. The van der Waals surface area contributed by atoms with Crippen molar-refractivity contribution in [2.45, 2.75) is 25.9 Å². The first-order valence-electron chi connectivity index (χ1n) is 6.66. The van der Waals surface area contributed by atoms with E-state index in [1.165, 1.54) is 0 Å². The van der Waals surface area contributed by atoms with Gasteiger partial charge in [0.15, 0.2) is 0 Å². The van der Waals surface area contributed by atoms with Crippen molar-refractivity contribution in [1.29, 1.82) is 0 Å². The zero-order valence-corrected chi connectivity index (χ0v) is 11.1. The van der Waals surface area contributed by atoms with Crippen molar-refractivity contribution in [3.8, 4) is 0 Å². The van der Waals surface area contributed by atoms with Crippen molar-refractivity contribution < 1.29 is 14.3 Å². The maximum absolute atomic E-state index is 11.8. The average Bonchev–Trinajstić information content (AvgIpc) is 2.46. The largest absolute Gasteiger partial charge is 0.374 e. The number of hydrogen-bond acceptors (Lipinski definition) is 5. The maximum Gasteiger partial charge on any atom is 0.267 e. The number of rotatable bonds is 4. The molecule has 0 aromatic heterocycles. The Kier molecular flexibility index (Phi) is 4.86. The minimum atomic E-state index is -0.225. The zero-order valence-electron chi connectivity index (χ0n) is 11.1. The smallest absolute Gasteiger partial charge is 0.267 e. The van der Waals surface area contributed by atoms with Crippen LogP contribution in [0.4, 0.5) is 0 Å². The summed E-state index contributed by atoms with van der Waals surface area (Å²) >= 11 is 0. The predicted octanol–water partition coefficient (Wildman–Crippen LogP) is -0.911. The molecule has 2 aliphatic rings. The molecule has 0 bridgehead atoms. The summed E-state index contributed by atoms with van der Waals surface area (Å²) in [7, 11) is 0. The summed E-state index contributed by atoms with van der Waals surface area (Å²) in [5, 5.41) is 6.57. The Morgan fingerprint density at radius 2 is 2.42 bits per heavy atom. The Morgan fingerprint density at radius 1 is 1.58 bits per heavy atom. The molecule has 1 fully saturated rings. The van der Waals surface area contributed by atoms with E-state index < -0.39 is 0 Å². The first-order valence-corrected chi connectivity index (χ1v) is 6.66. The zero-order chi connectivity index (χ0) is 13.7. The lowest BCUT2D eigenvalue weighted by Crippen LogP contribution is -2.48. The number of hydrogen-bond donors (Lipinski definition) is 2. The van der Waals surface area contributed by atoms with Crippen LogP contribution in [-0.4, -0.2) is 61.3 Å². The molecule has 2 amide bonds. The van der Waals surface area contributed by atoms with Crippen LogP contribution in [-0.2, 0) is 14.3 Å². The van der Waals surface area contributed by atoms with E-state index in [2.05, 4.69) is 27.7 Å². The number of ether oxygens (including phenoxy) is 1. The van der Waals surface area contributed by atoms with Crippen LogP contribution in [0.15, 0.2) is 5.10 Å². The van der Waals surface area contributed by atoms with Gasteiger partial charge in [0.05, 0.1) is 12.7 Å². The summed E-state index contributed by atoms with van der Waals surface area (Å²) in [6, 6.07) is 0. The minimum Gasteiger partial charge on any atom is -0.374 e. The molecule has 0 aromatic rings. The predicted molar refractivity (Wildman–Crippen MR) is 69.7 cm³/mol. The van der Waals surface area contributed by atoms with Gasteiger partial charge in [0.1, 0.15) is 5.71 Å². The molecule has 2 rings (SSSR count). The van der Waals surface area contributed by atoms with Crippen LogP contribution >= 0.6 is 0 Å². The number of carbonyl (C=O) groups excluding carboxylic acids is 2. The maximum atomic E-state index is 11.8. The van der Waals surface area contributed by atoms with E-state index >= 15 is 0 Å². The van der Waals surface area contributed by atoms with E-state index in [0.717, 1.165) is 19.6 Å². The molecule has 1 atom stereocenters. The highest BCUT2D eigenvalue weighted by molar-refractivity contribution is 6.39. The Balaban J connectivity index is 1.75. The standard InChI is InChI=1S/C12H20N4O3/c1-2-16-5-6-19-9(8-16)7-13-12(18)10-3-4-11(17)15-14-10/h9H,2-8H2,1H3,(H,13,18)(H,15,17). The van der Waals surface area contributed by atoms with Gasteiger partial charge in [0, 0.05) is 32.5 Å². The monoisotopic (exact) mass is 268 g/mol. The summed E-state index contributed by atoms with van der Waals surface area (Å²) in [4.78, 5) is 25.1. The van der Waals surface area contributed by atoms with E-state index in [-0.39, 0.29) is 17.9 Å². The molecule has 0 aromatic carbocycles. The van der Waals surface area contributed by atoms with Crippen molar-refractivity contribution >= 4 is 17.5 Å². The van der Waals surface area contributed by atoms with Gasteiger partial charge < -0.3 is 10.1 Å². The average molecular weight is 268 g/mol. The highest BCUT2D eigenvalue weighted by Gasteiger charge is 2.22. The molecule has 0 saturated carbocycles. The second kappa shape index (κ2) is 6.63. The molecule has 0 spiro atoms. The molecule has 106 valence electrons. The first-order chi connectivity index (χ1) is 9.19. The SMILES string of the molecule is CCN1CCOC(CNC(=O)C2=NNC(=O)CC2)C1. The molecule has 1 saturated heterocycles. The molecule has 2 aliphatic heterocycles. The van der Waals surface area contributed by atoms with Crippen LogP contribution in [0.2, 0.25) is 0 Å². The summed E-state index contributed by atoms with van der Waals surface area (Å²) in [6.07, 6.45) is 0.733. The number of hydrazone groups is 1. The molecular formula is C12H20N4O3. The van der Waals surface area contributed by atoms with Gasteiger partial charge in [-0.3, -0.25) is 14.5 Å². The third kappa shape index (κ3) is 4.00. The molecule has 2 N–H and O–H groups in total. The van der Waals surface area contributed by atoms with E-state index in [4.69, 9.17) is 4.74 Å². The van der Waals surface area contributed by atoms with E-state index in [9.17, 15) is 9.59 Å². The lowest BCUT2D eigenvalue weighted by Gasteiger charge is -2.32. The van der Waals surface area contributed by atoms with E-state index in [0.29, 0.717) is 31.7 Å². The molecule has 7 nitrogen and oxygen atoms in total. The van der Waals surface area contributed by atoms with E-state index in [1.807, 2.05) is 0 Å². The number of likely N-dealkylation sites (N-methyl/N-ethyl adjacent to an activating group) is 1. The third-order valence-electron chi connectivity index (χ3n) is 3.33. The van der Waals surface area contributed by atoms with Gasteiger partial charge in [-0.2, -0.15) is 5.10 Å². The number of nitrogens with one attached hydrogen (secondary N) is 2. The van der Waals surface area contributed by atoms with Crippen molar-refractivity contribution in [2.24, 2.45) is 5.10 Å². The Morgan fingerprint density at radius 3 is 3.11 bits per heavy atom. The van der Waals surface area contributed by atoms with Gasteiger partial charge in [-0.15, -0.1) is 0 Å². The quantitative estimate of drug-likeness (QED) is 0.691. The van der Waals surface area contributed by atoms with Crippen LogP contribution in [0, 0.1) is 0 Å². The van der Waals surface area contributed by atoms with E-state index in [1.54, 1.807) is 0 Å². The number of carbonyl (C=O) groups is 2. The van der Waals surface area contributed by atoms with Gasteiger partial charge in [0.25, 0.3) is 5.91 Å². The summed E-state index contributed by atoms with van der Waals surface area (Å²) in [5.41, 5.74) is 2.69. The van der Waals surface area contributed by atoms with Crippen molar-refractivity contribution in [3.05, 3.63) is 0 Å². The van der Waals surface area contributed by atoms with Crippen LogP contribution in [0.5, 0.6) is 0 Å². The third-order valence-corrected chi connectivity index (χ3v) is 3.33. The molecule has 7 heteroatoms. The van der Waals surface area contributed by atoms with Crippen LogP contribution in [0.25, 0.3) is 0 Å². The lowest BCUT2D eigenvalue weighted by atomic mass is 10.1. The van der Waals surface area contributed by atoms with Gasteiger partial charge in [-0.25, -0.2) is 5.43 Å². The summed E-state index contributed by atoms with van der Waals surface area (Å²) in [5.74, 6) is -0.372. The molecule has 19 heavy (non-hydrogen) atoms. The molecule has 1 unspecified atom stereocenters. The Hall–Kier alpha value is -1.47. The summed E-state index contributed by atoms with van der Waals surface area (Å²) < 4.78 is 5.60. The molecule has 2 heterocycles. The van der Waals surface area contributed by atoms with Gasteiger partial charge in [-0.1, -0.05) is 6.92 Å². The highest BCUT2D eigenvalue weighted by atomic mass is 16.5. The second-order valence-electron chi connectivity index (χ2n) is 4.69. The lowest BCUT2D eigenvalue weighted by molar-refractivity contribution is -0.121. The molecular weight excluding hydrogens is 248 g/mol. The summed E-state index contributed by atoms with van der Waals surface area (Å²) in [6.45, 7) is 6.06. The highest BCUT2D eigenvalue weighted by Crippen LogP contribution is 2.04. The topological polar surface area (TPSA) is 83.0 Å². The fraction of sp³-hybridized carbons (Fsp3) is 0.750.